The lowest BCUT2D eigenvalue weighted by molar-refractivity contribution is -0.146. The van der Waals surface area contributed by atoms with E-state index in [-0.39, 0.29) is 23.6 Å². The van der Waals surface area contributed by atoms with Crippen LogP contribution in [-0.2, 0) is 20.7 Å². The minimum absolute atomic E-state index is 0.0719. The summed E-state index contributed by atoms with van der Waals surface area (Å²) in [5, 5.41) is 2.60. The van der Waals surface area contributed by atoms with Gasteiger partial charge in [-0.15, -0.1) is 0 Å². The molecule has 6 heteroatoms. The molecule has 31 heavy (non-hydrogen) atoms. The first kappa shape index (κ1) is 20.2. The molecule has 3 aromatic carbocycles. The Morgan fingerprint density at radius 2 is 1.42 bits per heavy atom. The maximum atomic E-state index is 12.8. The predicted molar refractivity (Wildman–Crippen MR) is 114 cm³/mol. The number of amides is 1. The van der Waals surface area contributed by atoms with Crippen molar-refractivity contribution in [1.29, 1.82) is 0 Å². The van der Waals surface area contributed by atoms with Crippen LogP contribution in [0.4, 0.5) is 5.69 Å². The van der Waals surface area contributed by atoms with Crippen LogP contribution in [0, 0.1) is 6.92 Å². The molecule has 1 amide bonds. The number of carbonyl (C=O) groups excluding carboxylic acids is 4. The maximum absolute atomic E-state index is 12.8. The van der Waals surface area contributed by atoms with Gasteiger partial charge in [0.05, 0.1) is 6.42 Å². The molecular weight excluding hydrogens is 394 g/mol. The lowest BCUT2D eigenvalue weighted by Crippen LogP contribution is -2.23. The van der Waals surface area contributed by atoms with Gasteiger partial charge in [-0.3, -0.25) is 19.2 Å². The van der Waals surface area contributed by atoms with Crippen LogP contribution in [0.15, 0.2) is 66.7 Å². The Kier molecular flexibility index (Phi) is 5.45. The van der Waals surface area contributed by atoms with E-state index in [1.165, 1.54) is 12.1 Å². The molecule has 0 spiro atoms. The quantitative estimate of drug-likeness (QED) is 0.506. The van der Waals surface area contributed by atoms with Gasteiger partial charge in [-0.2, -0.15) is 0 Å². The van der Waals surface area contributed by atoms with Crippen LogP contribution in [0.2, 0.25) is 0 Å². The average molecular weight is 413 g/mol. The summed E-state index contributed by atoms with van der Waals surface area (Å²) in [6.45, 7) is 1.51. The molecule has 154 valence electrons. The van der Waals surface area contributed by atoms with Gasteiger partial charge in [0.15, 0.2) is 18.2 Å². The summed E-state index contributed by atoms with van der Waals surface area (Å²) in [6, 6.07) is 18.6. The highest BCUT2D eigenvalue weighted by molar-refractivity contribution is 6.28. The first-order chi connectivity index (χ1) is 14.9. The number of ketones is 2. The second kappa shape index (κ2) is 8.36. The van der Waals surface area contributed by atoms with Crippen molar-refractivity contribution in [1.82, 2.24) is 0 Å². The van der Waals surface area contributed by atoms with Gasteiger partial charge in [0.2, 0.25) is 0 Å². The highest BCUT2D eigenvalue weighted by Crippen LogP contribution is 2.29. The van der Waals surface area contributed by atoms with Crippen LogP contribution in [0.25, 0.3) is 0 Å². The normalized spacial score (nSPS) is 12.0. The van der Waals surface area contributed by atoms with Crippen molar-refractivity contribution in [3.63, 3.8) is 0 Å². The third-order valence-corrected chi connectivity index (χ3v) is 5.04. The van der Waals surface area contributed by atoms with Crippen LogP contribution in [0.5, 0.6) is 0 Å². The highest BCUT2D eigenvalue weighted by Gasteiger charge is 2.29. The van der Waals surface area contributed by atoms with Gasteiger partial charge in [0.25, 0.3) is 5.91 Å². The number of nitrogens with one attached hydrogen (secondary N) is 1. The van der Waals surface area contributed by atoms with E-state index < -0.39 is 18.5 Å². The molecule has 0 radical (unpaired) electrons. The van der Waals surface area contributed by atoms with E-state index in [9.17, 15) is 19.2 Å². The van der Waals surface area contributed by atoms with Crippen LogP contribution >= 0.6 is 0 Å². The number of benzene rings is 3. The third-order valence-electron chi connectivity index (χ3n) is 5.04. The van der Waals surface area contributed by atoms with Crippen LogP contribution in [0.3, 0.4) is 0 Å². The van der Waals surface area contributed by atoms with Crippen molar-refractivity contribution in [2.75, 3.05) is 11.9 Å². The van der Waals surface area contributed by atoms with Crippen molar-refractivity contribution in [3.8, 4) is 0 Å². The molecular formula is C25H19NO5. The minimum atomic E-state index is -0.535. The summed E-state index contributed by atoms with van der Waals surface area (Å²) in [5.41, 5.74) is 3.48. The summed E-state index contributed by atoms with van der Waals surface area (Å²) in [7, 11) is 0. The molecule has 0 atom stereocenters. The van der Waals surface area contributed by atoms with E-state index in [2.05, 4.69) is 5.32 Å². The van der Waals surface area contributed by atoms with Gasteiger partial charge in [-0.1, -0.05) is 54.1 Å². The summed E-state index contributed by atoms with van der Waals surface area (Å²) in [6.07, 6.45) is 0.0719. The molecule has 0 aromatic heterocycles. The number of hydrogen-bond acceptors (Lipinski definition) is 5. The maximum Gasteiger partial charge on any atom is 0.310 e. The zero-order valence-electron chi connectivity index (χ0n) is 16.8. The van der Waals surface area contributed by atoms with E-state index in [0.29, 0.717) is 22.4 Å². The van der Waals surface area contributed by atoms with Crippen molar-refractivity contribution in [3.05, 3.63) is 100 Å². The SMILES string of the molecule is Cc1ccc(CC(=O)OCC(=O)Nc2ccc3c(c2)C(=O)c2ccccc2C3=O)cc1. The van der Waals surface area contributed by atoms with Crippen molar-refractivity contribution in [2.24, 2.45) is 0 Å². The molecule has 6 nitrogen and oxygen atoms in total. The fourth-order valence-corrected chi connectivity index (χ4v) is 3.44. The molecule has 1 aliphatic carbocycles. The monoisotopic (exact) mass is 413 g/mol. The second-order valence-corrected chi connectivity index (χ2v) is 7.34. The minimum Gasteiger partial charge on any atom is -0.455 e. The number of aryl methyl sites for hydroxylation is 1. The summed E-state index contributed by atoms with van der Waals surface area (Å²) in [4.78, 5) is 49.5. The Balaban J connectivity index is 1.39. The lowest BCUT2D eigenvalue weighted by Gasteiger charge is -2.18. The zero-order chi connectivity index (χ0) is 22.0. The van der Waals surface area contributed by atoms with Crippen molar-refractivity contribution < 1.29 is 23.9 Å². The molecule has 0 unspecified atom stereocenters. The highest BCUT2D eigenvalue weighted by atomic mass is 16.5. The number of esters is 1. The number of rotatable bonds is 5. The van der Waals surface area contributed by atoms with Gasteiger partial charge >= 0.3 is 5.97 Å². The Morgan fingerprint density at radius 3 is 2.10 bits per heavy atom. The smallest absolute Gasteiger partial charge is 0.310 e. The first-order valence-electron chi connectivity index (χ1n) is 9.76. The van der Waals surface area contributed by atoms with Crippen LogP contribution in [0.1, 0.15) is 43.0 Å². The Labute approximate surface area is 178 Å². The Morgan fingerprint density at radius 1 is 0.806 bits per heavy atom. The summed E-state index contributed by atoms with van der Waals surface area (Å²) >= 11 is 0. The molecule has 4 rings (SSSR count). The van der Waals surface area contributed by atoms with E-state index >= 15 is 0 Å². The van der Waals surface area contributed by atoms with E-state index in [1.807, 2.05) is 31.2 Å². The fourth-order valence-electron chi connectivity index (χ4n) is 3.44. The van der Waals surface area contributed by atoms with Gasteiger partial charge in [-0.25, -0.2) is 0 Å². The summed E-state index contributed by atoms with van der Waals surface area (Å²) < 4.78 is 5.04. The lowest BCUT2D eigenvalue weighted by atomic mass is 9.84. The van der Waals surface area contributed by atoms with Crippen LogP contribution in [-0.4, -0.2) is 30.0 Å². The first-order valence-corrected chi connectivity index (χ1v) is 9.76. The molecule has 0 saturated heterocycles. The standard InChI is InChI=1S/C25H19NO5/c1-15-6-8-16(9-7-15)12-23(28)31-14-22(27)26-17-10-11-20-21(13-17)25(30)19-5-3-2-4-18(19)24(20)29/h2-11,13H,12,14H2,1H3,(H,26,27). The van der Waals surface area contributed by atoms with E-state index in [0.717, 1.165) is 11.1 Å². The number of carbonyl (C=O) groups is 4. The molecule has 3 aromatic rings. The summed E-state index contributed by atoms with van der Waals surface area (Å²) in [5.74, 6) is -1.55. The molecule has 0 fully saturated rings. The Hall–Kier alpha value is -4.06. The predicted octanol–water partition coefficient (Wildman–Crippen LogP) is 3.49. The second-order valence-electron chi connectivity index (χ2n) is 7.34. The van der Waals surface area contributed by atoms with Crippen molar-refractivity contribution in [2.45, 2.75) is 13.3 Å². The van der Waals surface area contributed by atoms with Crippen LogP contribution < -0.4 is 5.32 Å². The molecule has 0 bridgehead atoms. The fraction of sp³-hybridized carbons (Fsp3) is 0.120. The number of hydrogen-bond donors (Lipinski definition) is 1. The largest absolute Gasteiger partial charge is 0.455 e. The molecule has 1 N–H and O–H groups in total. The van der Waals surface area contributed by atoms with E-state index in [1.54, 1.807) is 30.3 Å². The number of fused-ring (bicyclic) bond motifs is 2. The molecule has 0 heterocycles. The topological polar surface area (TPSA) is 89.5 Å². The third kappa shape index (κ3) is 4.28. The van der Waals surface area contributed by atoms with Gasteiger partial charge in [-0.05, 0) is 30.7 Å². The number of anilines is 1. The average Bonchev–Trinajstić information content (AvgIpc) is 2.77. The van der Waals surface area contributed by atoms with Gasteiger partial charge < -0.3 is 10.1 Å². The Bertz CT molecular complexity index is 1210. The molecule has 0 saturated carbocycles. The van der Waals surface area contributed by atoms with Gasteiger partial charge in [0.1, 0.15) is 0 Å². The van der Waals surface area contributed by atoms with Crippen molar-refractivity contribution >= 4 is 29.1 Å². The zero-order valence-corrected chi connectivity index (χ0v) is 16.8. The van der Waals surface area contributed by atoms with E-state index in [4.69, 9.17) is 4.74 Å². The molecule has 0 aliphatic heterocycles. The molecule has 1 aliphatic rings. The number of ether oxygens (including phenoxy) is 1. The van der Waals surface area contributed by atoms with Gasteiger partial charge in [0, 0.05) is 27.9 Å².